The Hall–Kier alpha value is -2.18. The molecule has 0 spiro atoms. The summed E-state index contributed by atoms with van der Waals surface area (Å²) in [5.41, 5.74) is 4.84. The third-order valence-corrected chi connectivity index (χ3v) is 2.67. The minimum atomic E-state index is -2.88. The minimum Gasteiger partial charge on any atom is -0.435 e. The van der Waals surface area contributed by atoms with E-state index in [0.29, 0.717) is 5.56 Å². The van der Waals surface area contributed by atoms with Crippen molar-refractivity contribution in [1.82, 2.24) is 5.32 Å². The molecule has 0 aromatic heterocycles. The highest BCUT2D eigenvalue weighted by Gasteiger charge is 2.40. The lowest BCUT2D eigenvalue weighted by Crippen LogP contribution is -2.37. The van der Waals surface area contributed by atoms with E-state index in [-0.39, 0.29) is 17.6 Å². The summed E-state index contributed by atoms with van der Waals surface area (Å²) in [5, 5.41) is 2.39. The second-order valence-corrected chi connectivity index (χ2v) is 3.93. The highest BCUT2D eigenvalue weighted by Crippen LogP contribution is 2.30. The minimum absolute atomic E-state index is 0.0210. The fourth-order valence-electron chi connectivity index (χ4n) is 1.71. The molecule has 1 unspecified atom stereocenters. The fourth-order valence-corrected chi connectivity index (χ4v) is 1.71. The SMILES string of the molecule is CC1(c2ccc(OC(F)F)cc2)N=C(N)NC1=O. The molecule has 0 saturated heterocycles. The molecule has 1 aliphatic heterocycles. The molecule has 96 valence electrons. The average molecular weight is 255 g/mol. The van der Waals surface area contributed by atoms with Gasteiger partial charge in [-0.1, -0.05) is 12.1 Å². The van der Waals surface area contributed by atoms with Gasteiger partial charge in [-0.05, 0) is 24.6 Å². The Labute approximate surface area is 102 Å². The zero-order valence-electron chi connectivity index (χ0n) is 9.48. The lowest BCUT2D eigenvalue weighted by atomic mass is 9.92. The molecule has 1 atom stereocenters. The van der Waals surface area contributed by atoms with Gasteiger partial charge in [-0.25, -0.2) is 4.99 Å². The average Bonchev–Trinajstić information content (AvgIpc) is 2.53. The van der Waals surface area contributed by atoms with Crippen molar-refractivity contribution in [2.75, 3.05) is 0 Å². The summed E-state index contributed by atoms with van der Waals surface area (Å²) < 4.78 is 28.2. The van der Waals surface area contributed by atoms with Gasteiger partial charge in [0.15, 0.2) is 11.5 Å². The second-order valence-electron chi connectivity index (χ2n) is 3.93. The van der Waals surface area contributed by atoms with Crippen molar-refractivity contribution in [3.05, 3.63) is 29.8 Å². The van der Waals surface area contributed by atoms with Crippen LogP contribution in [-0.4, -0.2) is 18.5 Å². The molecule has 0 fully saturated rings. The number of hydrogen-bond acceptors (Lipinski definition) is 4. The van der Waals surface area contributed by atoms with Crippen molar-refractivity contribution in [3.8, 4) is 5.75 Å². The summed E-state index contributed by atoms with van der Waals surface area (Å²) in [4.78, 5) is 15.7. The van der Waals surface area contributed by atoms with Gasteiger partial charge < -0.3 is 10.5 Å². The van der Waals surface area contributed by atoms with E-state index in [1.54, 1.807) is 6.92 Å². The molecule has 0 saturated carbocycles. The Morgan fingerprint density at radius 1 is 1.39 bits per heavy atom. The highest BCUT2D eigenvalue weighted by atomic mass is 19.3. The summed E-state index contributed by atoms with van der Waals surface area (Å²) in [6.45, 7) is -1.29. The van der Waals surface area contributed by atoms with Gasteiger partial charge in [0, 0.05) is 0 Å². The van der Waals surface area contributed by atoms with Crippen LogP contribution in [0.5, 0.6) is 5.75 Å². The molecule has 18 heavy (non-hydrogen) atoms. The van der Waals surface area contributed by atoms with Gasteiger partial charge in [-0.15, -0.1) is 0 Å². The molecule has 2 rings (SSSR count). The van der Waals surface area contributed by atoms with Gasteiger partial charge in [0.25, 0.3) is 5.91 Å². The van der Waals surface area contributed by atoms with Crippen LogP contribution < -0.4 is 15.8 Å². The number of nitrogens with zero attached hydrogens (tertiary/aromatic N) is 1. The van der Waals surface area contributed by atoms with E-state index in [1.807, 2.05) is 0 Å². The summed E-state index contributed by atoms with van der Waals surface area (Å²) in [6, 6.07) is 5.70. The van der Waals surface area contributed by atoms with Crippen LogP contribution in [0.25, 0.3) is 0 Å². The number of ether oxygens (including phenoxy) is 1. The van der Waals surface area contributed by atoms with Crippen molar-refractivity contribution in [2.24, 2.45) is 10.7 Å². The van der Waals surface area contributed by atoms with Gasteiger partial charge in [-0.3, -0.25) is 10.1 Å². The maximum Gasteiger partial charge on any atom is 0.387 e. The zero-order valence-corrected chi connectivity index (χ0v) is 9.48. The van der Waals surface area contributed by atoms with Crippen molar-refractivity contribution >= 4 is 11.9 Å². The first kappa shape index (κ1) is 12.3. The third kappa shape index (κ3) is 2.11. The van der Waals surface area contributed by atoms with Crippen molar-refractivity contribution in [1.29, 1.82) is 0 Å². The van der Waals surface area contributed by atoms with E-state index in [9.17, 15) is 13.6 Å². The first-order valence-corrected chi connectivity index (χ1v) is 5.14. The first-order chi connectivity index (χ1) is 8.41. The first-order valence-electron chi connectivity index (χ1n) is 5.14. The van der Waals surface area contributed by atoms with Gasteiger partial charge in [0.1, 0.15) is 5.75 Å². The number of nitrogens with two attached hydrogens (primary N) is 1. The summed E-state index contributed by atoms with van der Waals surface area (Å²) in [5.74, 6) is -0.300. The van der Waals surface area contributed by atoms with Crippen LogP contribution >= 0.6 is 0 Å². The number of guanidine groups is 1. The maximum atomic E-state index is 12.0. The molecular weight excluding hydrogens is 244 g/mol. The van der Waals surface area contributed by atoms with Crippen molar-refractivity contribution in [3.63, 3.8) is 0 Å². The Kier molecular flexibility index (Phi) is 2.90. The fraction of sp³-hybridized carbons (Fsp3) is 0.273. The van der Waals surface area contributed by atoms with E-state index in [1.165, 1.54) is 24.3 Å². The number of amides is 1. The van der Waals surface area contributed by atoms with Crippen LogP contribution in [-0.2, 0) is 10.3 Å². The zero-order chi connectivity index (χ0) is 13.3. The van der Waals surface area contributed by atoms with E-state index in [2.05, 4.69) is 15.0 Å². The molecule has 0 radical (unpaired) electrons. The number of halogens is 2. The largest absolute Gasteiger partial charge is 0.435 e. The monoisotopic (exact) mass is 255 g/mol. The standard InChI is InChI=1S/C11H11F2N3O2/c1-11(8(17)15-10(14)16-11)6-2-4-7(5-3-6)18-9(12)13/h2-5,9H,1H3,(H3,14,15,16,17). The summed E-state index contributed by atoms with van der Waals surface area (Å²) >= 11 is 0. The number of alkyl halides is 2. The number of benzene rings is 1. The number of rotatable bonds is 3. The Morgan fingerprint density at radius 3 is 2.44 bits per heavy atom. The van der Waals surface area contributed by atoms with Gasteiger partial charge in [-0.2, -0.15) is 8.78 Å². The molecule has 0 aliphatic carbocycles. The van der Waals surface area contributed by atoms with Crippen LogP contribution in [0.2, 0.25) is 0 Å². The predicted molar refractivity (Wildman–Crippen MR) is 60.2 cm³/mol. The molecule has 5 nitrogen and oxygen atoms in total. The van der Waals surface area contributed by atoms with E-state index >= 15 is 0 Å². The summed E-state index contributed by atoms with van der Waals surface area (Å²) in [6.07, 6.45) is 0. The summed E-state index contributed by atoms with van der Waals surface area (Å²) in [7, 11) is 0. The topological polar surface area (TPSA) is 76.7 Å². The van der Waals surface area contributed by atoms with Crippen LogP contribution in [0, 0.1) is 0 Å². The molecule has 1 aliphatic rings. The number of carbonyl (C=O) groups is 1. The van der Waals surface area contributed by atoms with Gasteiger partial charge >= 0.3 is 6.61 Å². The van der Waals surface area contributed by atoms with Gasteiger partial charge in [0.05, 0.1) is 0 Å². The number of nitrogens with one attached hydrogen (secondary N) is 1. The van der Waals surface area contributed by atoms with Crippen LogP contribution in [0.15, 0.2) is 29.3 Å². The second kappa shape index (κ2) is 4.25. The Morgan fingerprint density at radius 2 is 2.00 bits per heavy atom. The lowest BCUT2D eigenvalue weighted by Gasteiger charge is -2.18. The normalized spacial score (nSPS) is 22.9. The Bertz CT molecular complexity index is 502. The molecule has 7 heteroatoms. The molecular formula is C11H11F2N3O2. The van der Waals surface area contributed by atoms with Crippen molar-refractivity contribution < 1.29 is 18.3 Å². The van der Waals surface area contributed by atoms with E-state index < -0.39 is 12.2 Å². The van der Waals surface area contributed by atoms with E-state index in [0.717, 1.165) is 0 Å². The lowest BCUT2D eigenvalue weighted by molar-refractivity contribution is -0.123. The third-order valence-electron chi connectivity index (χ3n) is 2.67. The smallest absolute Gasteiger partial charge is 0.387 e. The van der Waals surface area contributed by atoms with Crippen LogP contribution in [0.1, 0.15) is 12.5 Å². The molecule has 0 bridgehead atoms. The van der Waals surface area contributed by atoms with Crippen LogP contribution in [0.4, 0.5) is 8.78 Å². The quantitative estimate of drug-likeness (QED) is 0.844. The molecule has 1 aromatic carbocycles. The van der Waals surface area contributed by atoms with Gasteiger partial charge in [0.2, 0.25) is 0 Å². The maximum absolute atomic E-state index is 12.0. The molecule has 1 aromatic rings. The molecule has 1 amide bonds. The number of aliphatic imine (C=N–C) groups is 1. The van der Waals surface area contributed by atoms with E-state index in [4.69, 9.17) is 5.73 Å². The predicted octanol–water partition coefficient (Wildman–Crippen LogP) is 0.948. The van der Waals surface area contributed by atoms with Crippen LogP contribution in [0.3, 0.4) is 0 Å². The molecule has 1 heterocycles. The highest BCUT2D eigenvalue weighted by molar-refractivity contribution is 6.06. The molecule has 3 N–H and O–H groups in total. The Balaban J connectivity index is 2.27. The number of carbonyl (C=O) groups excluding carboxylic acids is 1. The van der Waals surface area contributed by atoms with Crippen molar-refractivity contribution in [2.45, 2.75) is 19.1 Å². The number of hydrogen-bond donors (Lipinski definition) is 2.